The average molecular weight is 460 g/mol. The minimum Gasteiger partial charge on any atom is -0.348 e. The van der Waals surface area contributed by atoms with Crippen molar-refractivity contribution in [1.82, 2.24) is 20.2 Å². The topological polar surface area (TPSA) is 105 Å². The van der Waals surface area contributed by atoms with Crippen LogP contribution in [0.2, 0.25) is 0 Å². The quantitative estimate of drug-likeness (QED) is 0.504. The van der Waals surface area contributed by atoms with E-state index in [0.29, 0.717) is 11.4 Å². The molecule has 0 radical (unpaired) electrons. The van der Waals surface area contributed by atoms with E-state index in [2.05, 4.69) is 27.0 Å². The van der Waals surface area contributed by atoms with Crippen LogP contribution in [0.5, 0.6) is 0 Å². The number of hydrogen-bond donors (Lipinski definition) is 3. The molecule has 0 bridgehead atoms. The lowest BCUT2D eigenvalue weighted by Gasteiger charge is -2.26. The maximum Gasteiger partial charge on any atom is 0.278 e. The van der Waals surface area contributed by atoms with E-state index in [1.54, 1.807) is 14.0 Å². The SMILES string of the molecule is CNC(C)C(=O)Nc1cnc(-c2ccccc2)n(CC(=O)NC2CCCc3ccccc32)c1=O. The van der Waals surface area contributed by atoms with Gasteiger partial charge in [-0.25, -0.2) is 4.98 Å². The number of nitrogens with one attached hydrogen (secondary N) is 3. The molecular formula is C26H29N5O3. The molecule has 176 valence electrons. The van der Waals surface area contributed by atoms with Crippen LogP contribution in [-0.4, -0.2) is 34.5 Å². The molecule has 4 rings (SSSR count). The van der Waals surface area contributed by atoms with Crippen molar-refractivity contribution < 1.29 is 9.59 Å². The van der Waals surface area contributed by atoms with Gasteiger partial charge in [0.2, 0.25) is 11.8 Å². The van der Waals surface area contributed by atoms with Crippen LogP contribution >= 0.6 is 0 Å². The van der Waals surface area contributed by atoms with E-state index < -0.39 is 11.6 Å². The van der Waals surface area contributed by atoms with Crippen LogP contribution in [-0.2, 0) is 22.6 Å². The molecule has 3 N–H and O–H groups in total. The zero-order valence-electron chi connectivity index (χ0n) is 19.4. The number of amides is 2. The van der Waals surface area contributed by atoms with Gasteiger partial charge >= 0.3 is 0 Å². The van der Waals surface area contributed by atoms with E-state index >= 15 is 0 Å². The summed E-state index contributed by atoms with van der Waals surface area (Å²) in [5.41, 5.74) is 2.62. The van der Waals surface area contributed by atoms with Gasteiger partial charge in [0, 0.05) is 5.56 Å². The van der Waals surface area contributed by atoms with E-state index in [4.69, 9.17) is 0 Å². The Labute approximate surface area is 198 Å². The molecule has 1 aromatic heterocycles. The standard InChI is InChI=1S/C26H29N5O3/c1-17(27-2)25(33)30-22-15-28-24(19-10-4-3-5-11-19)31(26(22)34)16-23(32)29-21-14-8-12-18-9-6-7-13-20(18)21/h3-7,9-11,13,15,17,21,27H,8,12,14,16H2,1-2H3,(H,29,32)(H,30,33). The van der Waals surface area contributed by atoms with Crippen molar-refractivity contribution in [3.8, 4) is 11.4 Å². The van der Waals surface area contributed by atoms with Crippen molar-refractivity contribution in [2.45, 2.75) is 44.8 Å². The Morgan fingerprint density at radius 2 is 1.85 bits per heavy atom. The normalized spacial score (nSPS) is 15.8. The minimum absolute atomic E-state index is 0.0302. The molecular weight excluding hydrogens is 430 g/mol. The van der Waals surface area contributed by atoms with Crippen molar-refractivity contribution >= 4 is 17.5 Å². The van der Waals surface area contributed by atoms with E-state index in [1.807, 2.05) is 48.5 Å². The lowest BCUT2D eigenvalue weighted by molar-refractivity contribution is -0.122. The summed E-state index contributed by atoms with van der Waals surface area (Å²) in [7, 11) is 1.66. The number of carbonyl (C=O) groups is 2. The molecule has 0 fully saturated rings. The summed E-state index contributed by atoms with van der Waals surface area (Å²) in [6.07, 6.45) is 4.18. The van der Waals surface area contributed by atoms with Gasteiger partial charge in [-0.2, -0.15) is 0 Å². The van der Waals surface area contributed by atoms with Gasteiger partial charge in [-0.05, 0) is 44.4 Å². The van der Waals surface area contributed by atoms with E-state index in [1.165, 1.54) is 16.3 Å². The Balaban J connectivity index is 1.63. The number of likely N-dealkylation sites (N-methyl/N-ethyl adjacent to an activating group) is 1. The van der Waals surface area contributed by atoms with Crippen molar-refractivity contribution in [2.24, 2.45) is 0 Å². The molecule has 3 aromatic rings. The van der Waals surface area contributed by atoms with Gasteiger partial charge in [0.05, 0.1) is 18.3 Å². The van der Waals surface area contributed by atoms with Crippen LogP contribution in [0.4, 0.5) is 5.69 Å². The first kappa shape index (κ1) is 23.4. The molecule has 1 aliphatic rings. The third-order valence-electron chi connectivity index (χ3n) is 6.17. The number of nitrogens with zero attached hydrogens (tertiary/aromatic N) is 2. The second-order valence-electron chi connectivity index (χ2n) is 8.46. The maximum atomic E-state index is 13.3. The molecule has 2 atom stereocenters. The monoisotopic (exact) mass is 459 g/mol. The number of fused-ring (bicyclic) bond motifs is 1. The Morgan fingerprint density at radius 1 is 1.12 bits per heavy atom. The van der Waals surface area contributed by atoms with Gasteiger partial charge in [-0.15, -0.1) is 0 Å². The fraction of sp³-hybridized carbons (Fsp3) is 0.308. The molecule has 0 saturated heterocycles. The van der Waals surface area contributed by atoms with Crippen molar-refractivity contribution in [3.05, 3.63) is 82.3 Å². The second kappa shape index (κ2) is 10.4. The largest absolute Gasteiger partial charge is 0.348 e. The van der Waals surface area contributed by atoms with Crippen LogP contribution in [0.1, 0.15) is 36.9 Å². The summed E-state index contributed by atoms with van der Waals surface area (Å²) in [4.78, 5) is 43.2. The van der Waals surface area contributed by atoms with Gasteiger partial charge in [0.15, 0.2) is 0 Å². The first-order valence-electron chi connectivity index (χ1n) is 11.5. The predicted molar refractivity (Wildman–Crippen MR) is 131 cm³/mol. The smallest absolute Gasteiger partial charge is 0.278 e. The number of hydrogen-bond acceptors (Lipinski definition) is 5. The fourth-order valence-corrected chi connectivity index (χ4v) is 4.20. The summed E-state index contributed by atoms with van der Waals surface area (Å²) >= 11 is 0. The predicted octanol–water partition coefficient (Wildman–Crippen LogP) is 2.65. The summed E-state index contributed by atoms with van der Waals surface area (Å²) in [6, 6.07) is 16.7. The zero-order valence-corrected chi connectivity index (χ0v) is 19.4. The highest BCUT2D eigenvalue weighted by atomic mass is 16.2. The molecule has 34 heavy (non-hydrogen) atoms. The molecule has 8 nitrogen and oxygen atoms in total. The van der Waals surface area contributed by atoms with Gasteiger partial charge < -0.3 is 16.0 Å². The molecule has 1 heterocycles. The van der Waals surface area contributed by atoms with Crippen LogP contribution in [0, 0.1) is 0 Å². The second-order valence-corrected chi connectivity index (χ2v) is 8.46. The number of rotatable bonds is 7. The van der Waals surface area contributed by atoms with Crippen LogP contribution in [0.25, 0.3) is 11.4 Å². The van der Waals surface area contributed by atoms with Gasteiger partial charge in [0.25, 0.3) is 5.56 Å². The Morgan fingerprint density at radius 3 is 2.62 bits per heavy atom. The summed E-state index contributed by atoms with van der Waals surface area (Å²) < 4.78 is 1.32. The molecule has 2 amide bonds. The molecule has 2 unspecified atom stereocenters. The minimum atomic E-state index is -0.490. The van der Waals surface area contributed by atoms with E-state index in [9.17, 15) is 14.4 Å². The Kier molecular flexibility index (Phi) is 7.18. The molecule has 1 aliphatic carbocycles. The Bertz CT molecular complexity index is 1240. The molecule has 2 aromatic carbocycles. The highest BCUT2D eigenvalue weighted by Crippen LogP contribution is 2.29. The first-order chi connectivity index (χ1) is 16.5. The van der Waals surface area contributed by atoms with Gasteiger partial charge in [-0.1, -0.05) is 54.6 Å². The van der Waals surface area contributed by atoms with E-state index in [0.717, 1.165) is 24.8 Å². The highest BCUT2D eigenvalue weighted by molar-refractivity contribution is 5.94. The number of aryl methyl sites for hydroxylation is 1. The van der Waals surface area contributed by atoms with Gasteiger partial charge in [0.1, 0.15) is 18.1 Å². The number of anilines is 1. The summed E-state index contributed by atoms with van der Waals surface area (Å²) in [5.74, 6) is -0.275. The lowest BCUT2D eigenvalue weighted by atomic mass is 9.88. The van der Waals surface area contributed by atoms with Gasteiger partial charge in [-0.3, -0.25) is 19.0 Å². The maximum absolute atomic E-state index is 13.3. The number of carbonyl (C=O) groups excluding carboxylic acids is 2. The van der Waals surface area contributed by atoms with Crippen LogP contribution < -0.4 is 21.5 Å². The third kappa shape index (κ3) is 5.07. The molecule has 0 saturated carbocycles. The molecule has 0 spiro atoms. The van der Waals surface area contributed by atoms with Crippen molar-refractivity contribution in [2.75, 3.05) is 12.4 Å². The third-order valence-corrected chi connectivity index (χ3v) is 6.17. The Hall–Kier alpha value is -3.78. The van der Waals surface area contributed by atoms with E-state index in [-0.39, 0.29) is 30.1 Å². The molecule has 0 aliphatic heterocycles. The average Bonchev–Trinajstić information content (AvgIpc) is 2.86. The summed E-state index contributed by atoms with van der Waals surface area (Å²) in [5, 5.41) is 8.55. The van der Waals surface area contributed by atoms with Crippen molar-refractivity contribution in [1.29, 1.82) is 0 Å². The molecule has 8 heteroatoms. The zero-order chi connectivity index (χ0) is 24.1. The first-order valence-corrected chi connectivity index (χ1v) is 11.5. The lowest BCUT2D eigenvalue weighted by Crippen LogP contribution is -2.39. The number of benzene rings is 2. The highest BCUT2D eigenvalue weighted by Gasteiger charge is 2.23. The van der Waals surface area contributed by atoms with Crippen LogP contribution in [0.15, 0.2) is 65.6 Å². The van der Waals surface area contributed by atoms with Crippen molar-refractivity contribution in [3.63, 3.8) is 0 Å². The number of aromatic nitrogens is 2. The summed E-state index contributed by atoms with van der Waals surface area (Å²) in [6.45, 7) is 1.48. The van der Waals surface area contributed by atoms with Crippen LogP contribution in [0.3, 0.4) is 0 Å². The fourth-order valence-electron chi connectivity index (χ4n) is 4.20.